The van der Waals surface area contributed by atoms with E-state index in [-0.39, 0.29) is 62.0 Å². The number of benzene rings is 1. The predicted molar refractivity (Wildman–Crippen MR) is 281 cm³/mol. The van der Waals surface area contributed by atoms with Crippen molar-refractivity contribution < 1.29 is 67.7 Å². The molecule has 9 atom stereocenters. The summed E-state index contributed by atoms with van der Waals surface area (Å²) in [4.78, 5) is 159. The lowest BCUT2D eigenvalue weighted by molar-refractivity contribution is -0.142. The van der Waals surface area contributed by atoms with Crippen LogP contribution >= 0.6 is 25.3 Å². The Kier molecular flexibility index (Phi) is 30.0. The zero-order valence-electron chi connectivity index (χ0n) is 42.5. The molecule has 21 N–H and O–H groups in total. The summed E-state index contributed by atoms with van der Waals surface area (Å²) in [7, 11) is 0. The molecule has 1 aliphatic rings. The van der Waals surface area contributed by atoms with Gasteiger partial charge in [-0.05, 0) is 55.7 Å². The molecule has 0 aromatic heterocycles. The second-order valence-electron chi connectivity index (χ2n) is 17.5. The van der Waals surface area contributed by atoms with Crippen molar-refractivity contribution in [1.29, 1.82) is 0 Å². The molecule has 1 aromatic rings. The number of rotatable bonds is 31. The predicted octanol–water partition coefficient (Wildman–Crippen LogP) is -6.05. The highest BCUT2D eigenvalue weighted by Gasteiger charge is 2.40. The van der Waals surface area contributed by atoms with Gasteiger partial charge in [-0.1, -0.05) is 32.4 Å². The van der Waals surface area contributed by atoms with E-state index in [1.54, 1.807) is 13.8 Å². The molecule has 76 heavy (non-hydrogen) atoms. The average molecular weight is 1110 g/mol. The lowest BCUT2D eigenvalue weighted by atomic mass is 9.96. The molecule has 1 heterocycles. The van der Waals surface area contributed by atoms with Crippen LogP contribution in [0.1, 0.15) is 77.7 Å². The molecule has 0 radical (unpaired) electrons. The van der Waals surface area contributed by atoms with Crippen molar-refractivity contribution in [1.82, 2.24) is 42.1 Å². The summed E-state index contributed by atoms with van der Waals surface area (Å²) >= 11 is 8.27. The van der Waals surface area contributed by atoms with Crippen LogP contribution < -0.4 is 71.6 Å². The Morgan fingerprint density at radius 3 is 1.80 bits per heavy atom. The molecule has 1 aliphatic heterocycles. The van der Waals surface area contributed by atoms with Crippen molar-refractivity contribution in [2.45, 2.75) is 127 Å². The van der Waals surface area contributed by atoms with Crippen LogP contribution in [0.4, 0.5) is 0 Å². The summed E-state index contributed by atoms with van der Waals surface area (Å²) in [6.07, 6.45) is -0.772. The number of phenols is 1. The molecule has 1 aromatic carbocycles. The van der Waals surface area contributed by atoms with Crippen molar-refractivity contribution >= 4 is 102 Å². The van der Waals surface area contributed by atoms with Crippen molar-refractivity contribution in [3.05, 3.63) is 29.8 Å². The molecule has 424 valence electrons. The lowest BCUT2D eigenvalue weighted by Crippen LogP contribution is -2.61. The van der Waals surface area contributed by atoms with E-state index >= 15 is 0 Å². The number of amides is 11. The number of hydrogen-bond acceptors (Lipinski definition) is 17. The summed E-state index contributed by atoms with van der Waals surface area (Å²) in [5.41, 5.74) is 33.1. The van der Waals surface area contributed by atoms with E-state index in [9.17, 15) is 57.8 Å². The van der Waals surface area contributed by atoms with Crippen LogP contribution in [0.15, 0.2) is 29.3 Å². The molecule has 0 spiro atoms. The number of hydrogen-bond donors (Lipinski definition) is 17. The third-order valence-electron chi connectivity index (χ3n) is 11.3. The molecule has 0 aliphatic carbocycles. The van der Waals surface area contributed by atoms with Crippen molar-refractivity contribution in [2.24, 2.45) is 45.3 Å². The van der Waals surface area contributed by atoms with Gasteiger partial charge in [-0.2, -0.15) is 25.3 Å². The number of primary amides is 3. The highest BCUT2D eigenvalue weighted by molar-refractivity contribution is 7.80. The molecule has 0 saturated carbocycles. The smallest absolute Gasteiger partial charge is 0.300 e. The maximum absolute atomic E-state index is 14.1. The van der Waals surface area contributed by atoms with E-state index in [4.69, 9.17) is 44.3 Å². The fraction of sp³-hybridized carbons (Fsp3) is 0.578. The van der Waals surface area contributed by atoms with Crippen molar-refractivity contribution in [3.63, 3.8) is 0 Å². The second kappa shape index (κ2) is 34.2. The first-order chi connectivity index (χ1) is 35.6. The number of nitrogens with zero attached hydrogens (tertiary/aromatic N) is 2. The van der Waals surface area contributed by atoms with Gasteiger partial charge < -0.3 is 86.7 Å². The number of guanidine groups is 1. The quantitative estimate of drug-likeness (QED) is 0.0142. The van der Waals surface area contributed by atoms with Gasteiger partial charge in [0.15, 0.2) is 5.96 Å². The first kappa shape index (κ1) is 66.6. The highest BCUT2D eigenvalue weighted by Crippen LogP contribution is 2.20. The van der Waals surface area contributed by atoms with Gasteiger partial charge in [0, 0.05) is 44.4 Å². The normalized spacial score (nSPS) is 15.8. The van der Waals surface area contributed by atoms with E-state index in [1.165, 1.54) is 29.2 Å². The lowest BCUT2D eigenvalue weighted by Gasteiger charge is -2.30. The number of aromatic hydroxyl groups is 1. The van der Waals surface area contributed by atoms with Crippen molar-refractivity contribution in [3.8, 4) is 5.75 Å². The summed E-state index contributed by atoms with van der Waals surface area (Å²) in [5.74, 6) is -11.8. The number of carboxylic acids is 1. The fourth-order valence-corrected chi connectivity index (χ4v) is 7.61. The average Bonchev–Trinajstić information content (AvgIpc) is 3.85. The minimum absolute atomic E-state index is 0.0235. The van der Waals surface area contributed by atoms with Gasteiger partial charge in [0.25, 0.3) is 5.97 Å². The molecule has 1 saturated heterocycles. The van der Waals surface area contributed by atoms with Crippen LogP contribution in [-0.4, -0.2) is 171 Å². The summed E-state index contributed by atoms with van der Waals surface area (Å²) in [6, 6.07) is -5.17. The minimum atomic E-state index is -1.78. The number of aliphatic imine (C=N–C) groups is 1. The summed E-state index contributed by atoms with van der Waals surface area (Å²) in [5, 5.41) is 34.5. The monoisotopic (exact) mass is 1110 g/mol. The Balaban J connectivity index is 0.00000695. The van der Waals surface area contributed by atoms with E-state index in [0.29, 0.717) is 18.4 Å². The molecule has 0 unspecified atom stereocenters. The zero-order valence-corrected chi connectivity index (χ0v) is 44.2. The molecule has 31 heteroatoms. The Morgan fingerprint density at radius 2 is 1.26 bits per heavy atom. The number of nitrogens with one attached hydrogen (secondary N) is 7. The number of carbonyl (C=O) groups excluding carboxylic acids is 11. The van der Waals surface area contributed by atoms with Crippen LogP contribution in [0.2, 0.25) is 0 Å². The zero-order chi connectivity index (χ0) is 57.8. The van der Waals surface area contributed by atoms with E-state index < -0.39 is 151 Å². The fourth-order valence-electron chi connectivity index (χ4n) is 7.19. The van der Waals surface area contributed by atoms with Gasteiger partial charge >= 0.3 is 0 Å². The second-order valence-corrected chi connectivity index (χ2v) is 18.3. The van der Waals surface area contributed by atoms with Gasteiger partial charge in [0.2, 0.25) is 65.0 Å². The highest BCUT2D eigenvalue weighted by atomic mass is 32.1. The molecule has 0 bridgehead atoms. The molecular weight excluding hydrogens is 1040 g/mol. The number of thiol groups is 2. The Labute approximate surface area is 449 Å². The Bertz CT molecular complexity index is 2230. The van der Waals surface area contributed by atoms with Gasteiger partial charge in [-0.3, -0.25) is 62.5 Å². The third-order valence-corrected chi connectivity index (χ3v) is 12.1. The number of aliphatic carboxylic acids is 1. The van der Waals surface area contributed by atoms with Crippen LogP contribution in [-0.2, 0) is 64.0 Å². The number of nitrogens with two attached hydrogens (primary N) is 6. The van der Waals surface area contributed by atoms with E-state index in [1.807, 2.05) is 0 Å². The standard InChI is InChI=1S/C43H69N15O12S2.C2H4O2/c1-3-21(2)34(57-39(67)27(54-35(63)24(44)19-71)16-22-8-10-23(59)11-9-22)41(69)53-26(12-13-31(45)60)37(65)55-28(17-32(46)61)38(66)56-29(20-72)42(70)58-15-5-7-30(58)40(68)52-25(6-4-14-50-43(48)49)36(64)51-18-33(47)62;1-2(3)4/h8-11,21,24-30,34,59,71-72H,3-7,12-20,44H2,1-2H3,(H2,45,60)(H2,46,61)(H2,47,62)(H,51,64)(H,52,68)(H,53,69)(H,54,63)(H,55,65)(H,56,66)(H,57,67)(H4,48,49,50);1H3,(H,3,4)/t21-,24-,25-,26-,27-,28-,29-,30-,34-;/m0./s1. The number of likely N-dealkylation sites (tertiary alicyclic amines) is 1. The van der Waals surface area contributed by atoms with Gasteiger partial charge in [-0.25, -0.2) is 0 Å². The maximum Gasteiger partial charge on any atom is 0.300 e. The number of carboxylic acid groups (broad SMARTS) is 1. The van der Waals surface area contributed by atoms with Crippen LogP contribution in [0, 0.1) is 5.92 Å². The Hall–Kier alpha value is -7.41. The molecule has 2 rings (SSSR count). The summed E-state index contributed by atoms with van der Waals surface area (Å²) in [6.45, 7) is 4.06. The van der Waals surface area contributed by atoms with Gasteiger partial charge in [-0.15, -0.1) is 0 Å². The first-order valence-electron chi connectivity index (χ1n) is 23.9. The molecular formula is C45H73N15O14S2. The Morgan fingerprint density at radius 1 is 0.711 bits per heavy atom. The SMILES string of the molecule is CC(=O)O.CC[C@H](C)[C@H](NC(=O)[C@H](Cc1ccc(O)cc1)NC(=O)[C@@H](N)CS)C(=O)N[C@@H](CCC(N)=O)C(=O)N[C@@H](CC(N)=O)C(=O)N[C@@H](CS)C(=O)N1CCC[C@H]1C(=O)N[C@@H](CCCN=C(N)N)C(=O)NCC(N)=O. The van der Waals surface area contributed by atoms with Gasteiger partial charge in [0.05, 0.1) is 19.0 Å². The van der Waals surface area contributed by atoms with E-state index in [2.05, 4.69) is 67.5 Å². The van der Waals surface area contributed by atoms with E-state index in [0.717, 1.165) is 6.92 Å². The van der Waals surface area contributed by atoms with Crippen LogP contribution in [0.3, 0.4) is 0 Å². The largest absolute Gasteiger partial charge is 0.508 e. The topological polar surface area (TPSA) is 501 Å². The molecule has 1 fully saturated rings. The minimum Gasteiger partial charge on any atom is -0.508 e. The number of carbonyl (C=O) groups is 12. The molecule has 29 nitrogen and oxygen atoms in total. The van der Waals surface area contributed by atoms with Gasteiger partial charge in [0.1, 0.15) is 48.0 Å². The van der Waals surface area contributed by atoms with Crippen LogP contribution in [0.25, 0.3) is 0 Å². The summed E-state index contributed by atoms with van der Waals surface area (Å²) < 4.78 is 0. The maximum atomic E-state index is 14.1. The molecule has 11 amide bonds. The van der Waals surface area contributed by atoms with Crippen molar-refractivity contribution in [2.75, 3.05) is 31.1 Å². The van der Waals surface area contributed by atoms with Crippen LogP contribution in [0.5, 0.6) is 5.75 Å². The first-order valence-corrected chi connectivity index (χ1v) is 25.2. The number of phenolic OH excluding ortho intramolecular Hbond substituents is 1. The third kappa shape index (κ3) is 24.7.